The molecule has 0 atom stereocenters. The van der Waals surface area contributed by atoms with Crippen molar-refractivity contribution < 1.29 is 9.47 Å². The SMILES string of the molecule is COc1ccc(-n2nnc3cnc(N=C4N=C(C)CO4)nc32)cc1. The largest absolute Gasteiger partial charge is 0.497 e. The van der Waals surface area contributed by atoms with Crippen molar-refractivity contribution in [3.05, 3.63) is 30.5 Å². The Kier molecular flexibility index (Phi) is 3.38. The maximum atomic E-state index is 5.32. The van der Waals surface area contributed by atoms with Crippen molar-refractivity contribution in [3.63, 3.8) is 0 Å². The number of aromatic nitrogens is 5. The predicted octanol–water partition coefficient (Wildman–Crippen LogP) is 1.70. The first-order valence-electron chi connectivity index (χ1n) is 7.21. The molecule has 2 aromatic heterocycles. The molecule has 9 nitrogen and oxygen atoms in total. The van der Waals surface area contributed by atoms with Gasteiger partial charge in [0.25, 0.3) is 5.95 Å². The maximum Gasteiger partial charge on any atom is 0.320 e. The lowest BCUT2D eigenvalue weighted by Gasteiger charge is -2.03. The number of fused-ring (bicyclic) bond motifs is 1. The maximum absolute atomic E-state index is 5.32. The number of aliphatic imine (C=N–C) groups is 2. The van der Waals surface area contributed by atoms with Crippen molar-refractivity contribution >= 4 is 28.8 Å². The van der Waals surface area contributed by atoms with E-state index in [1.54, 1.807) is 18.0 Å². The molecule has 0 N–H and O–H groups in total. The summed E-state index contributed by atoms with van der Waals surface area (Å²) in [6.45, 7) is 2.31. The summed E-state index contributed by atoms with van der Waals surface area (Å²) < 4.78 is 12.1. The van der Waals surface area contributed by atoms with Gasteiger partial charge in [0.2, 0.25) is 0 Å². The molecule has 0 aliphatic carbocycles. The Bertz CT molecular complexity index is 960. The standard InChI is InChI=1S/C15H13N7O2/c1-9-8-24-15(17-9)19-14-16-7-12-13(18-14)22(21-20-12)10-3-5-11(23-2)6-4-10/h3-7H,8H2,1-2H3. The first kappa shape index (κ1) is 14.2. The molecule has 0 amide bonds. The van der Waals surface area contributed by atoms with Crippen LogP contribution in [0.2, 0.25) is 0 Å². The van der Waals surface area contributed by atoms with Crippen LogP contribution in [0.5, 0.6) is 5.75 Å². The Balaban J connectivity index is 1.75. The van der Waals surface area contributed by atoms with Crippen LogP contribution in [0.3, 0.4) is 0 Å². The van der Waals surface area contributed by atoms with Crippen molar-refractivity contribution in [2.75, 3.05) is 13.7 Å². The minimum Gasteiger partial charge on any atom is -0.497 e. The second kappa shape index (κ2) is 5.69. The van der Waals surface area contributed by atoms with E-state index < -0.39 is 0 Å². The molecular formula is C15H13N7O2. The summed E-state index contributed by atoms with van der Waals surface area (Å²) in [5.41, 5.74) is 2.79. The number of rotatable bonds is 3. The highest BCUT2D eigenvalue weighted by atomic mass is 16.5. The number of amidine groups is 1. The zero-order valence-electron chi connectivity index (χ0n) is 13.0. The summed E-state index contributed by atoms with van der Waals surface area (Å²) in [7, 11) is 1.62. The van der Waals surface area contributed by atoms with Gasteiger partial charge in [-0.2, -0.15) is 14.7 Å². The van der Waals surface area contributed by atoms with Gasteiger partial charge in [0.1, 0.15) is 12.4 Å². The summed E-state index contributed by atoms with van der Waals surface area (Å²) >= 11 is 0. The Morgan fingerprint density at radius 3 is 2.79 bits per heavy atom. The van der Waals surface area contributed by atoms with E-state index in [1.165, 1.54) is 0 Å². The van der Waals surface area contributed by atoms with Crippen LogP contribution in [0.25, 0.3) is 16.9 Å². The smallest absolute Gasteiger partial charge is 0.320 e. The van der Waals surface area contributed by atoms with Gasteiger partial charge in [-0.05, 0) is 31.2 Å². The molecule has 4 rings (SSSR count). The van der Waals surface area contributed by atoms with Gasteiger partial charge in [-0.1, -0.05) is 5.21 Å². The van der Waals surface area contributed by atoms with Crippen molar-refractivity contribution in [2.24, 2.45) is 9.98 Å². The average molecular weight is 323 g/mol. The highest BCUT2D eigenvalue weighted by Gasteiger charge is 2.13. The Morgan fingerprint density at radius 1 is 1.25 bits per heavy atom. The summed E-state index contributed by atoms with van der Waals surface area (Å²) in [5.74, 6) is 1.00. The molecule has 0 unspecified atom stereocenters. The number of benzene rings is 1. The van der Waals surface area contributed by atoms with Crippen LogP contribution < -0.4 is 4.74 Å². The number of ether oxygens (including phenoxy) is 2. The zero-order valence-corrected chi connectivity index (χ0v) is 13.0. The van der Waals surface area contributed by atoms with Crippen LogP contribution in [0, 0.1) is 0 Å². The third kappa shape index (κ3) is 2.56. The minimum atomic E-state index is 0.244. The van der Waals surface area contributed by atoms with Crippen LogP contribution in [-0.4, -0.2) is 50.4 Å². The van der Waals surface area contributed by atoms with Crippen molar-refractivity contribution in [1.29, 1.82) is 0 Å². The van der Waals surface area contributed by atoms with Crippen LogP contribution in [0.4, 0.5) is 5.95 Å². The van der Waals surface area contributed by atoms with Gasteiger partial charge < -0.3 is 9.47 Å². The van der Waals surface area contributed by atoms with Gasteiger partial charge in [0, 0.05) is 0 Å². The first-order chi connectivity index (χ1) is 11.7. The van der Waals surface area contributed by atoms with Gasteiger partial charge in [0.05, 0.1) is 24.7 Å². The summed E-state index contributed by atoms with van der Waals surface area (Å²) in [6, 6.07) is 7.68. The van der Waals surface area contributed by atoms with Gasteiger partial charge in [-0.15, -0.1) is 5.10 Å². The highest BCUT2D eigenvalue weighted by molar-refractivity contribution is 5.99. The average Bonchev–Trinajstić information content (AvgIpc) is 3.21. The molecule has 3 heterocycles. The topological polar surface area (TPSA) is 99.7 Å². The molecule has 0 saturated heterocycles. The second-order valence-corrected chi connectivity index (χ2v) is 5.11. The van der Waals surface area contributed by atoms with E-state index in [0.29, 0.717) is 17.8 Å². The molecule has 24 heavy (non-hydrogen) atoms. The van der Waals surface area contributed by atoms with E-state index in [0.717, 1.165) is 17.1 Å². The quantitative estimate of drug-likeness (QED) is 0.727. The number of hydrogen-bond donors (Lipinski definition) is 0. The molecule has 0 spiro atoms. The lowest BCUT2D eigenvalue weighted by atomic mass is 10.3. The summed E-state index contributed by atoms with van der Waals surface area (Å²) in [4.78, 5) is 16.9. The fourth-order valence-corrected chi connectivity index (χ4v) is 2.21. The molecular weight excluding hydrogens is 310 g/mol. The molecule has 1 aromatic carbocycles. The Labute approximate surface area is 136 Å². The van der Waals surface area contributed by atoms with E-state index in [4.69, 9.17) is 9.47 Å². The van der Waals surface area contributed by atoms with Crippen LogP contribution in [0.15, 0.2) is 40.4 Å². The minimum absolute atomic E-state index is 0.244. The lowest BCUT2D eigenvalue weighted by molar-refractivity contribution is 0.374. The summed E-state index contributed by atoms with van der Waals surface area (Å²) in [5, 5.41) is 8.19. The molecule has 1 aliphatic heterocycles. The first-order valence-corrected chi connectivity index (χ1v) is 7.21. The third-order valence-corrected chi connectivity index (χ3v) is 3.39. The number of nitrogens with zero attached hydrogens (tertiary/aromatic N) is 7. The fraction of sp³-hybridized carbons (Fsp3) is 0.200. The molecule has 3 aromatic rings. The summed E-state index contributed by atoms with van der Waals surface area (Å²) in [6.07, 6.45) is 1.57. The van der Waals surface area contributed by atoms with Crippen LogP contribution in [0.1, 0.15) is 6.92 Å². The van der Waals surface area contributed by atoms with Gasteiger partial charge in [-0.25, -0.2) is 9.98 Å². The van der Waals surface area contributed by atoms with E-state index in [9.17, 15) is 0 Å². The van der Waals surface area contributed by atoms with E-state index in [2.05, 4.69) is 30.3 Å². The normalized spacial score (nSPS) is 15.6. The van der Waals surface area contributed by atoms with Crippen LogP contribution in [-0.2, 0) is 4.74 Å². The zero-order chi connectivity index (χ0) is 16.5. The molecule has 1 aliphatic rings. The molecule has 0 saturated carbocycles. The van der Waals surface area contributed by atoms with Crippen molar-refractivity contribution in [2.45, 2.75) is 6.92 Å². The molecule has 0 fully saturated rings. The molecule has 120 valence electrons. The molecule has 0 bridgehead atoms. The molecule has 9 heteroatoms. The van der Waals surface area contributed by atoms with Crippen molar-refractivity contribution in [3.8, 4) is 11.4 Å². The third-order valence-electron chi connectivity index (χ3n) is 3.39. The van der Waals surface area contributed by atoms with E-state index in [1.807, 2.05) is 31.2 Å². The van der Waals surface area contributed by atoms with Crippen molar-refractivity contribution in [1.82, 2.24) is 25.0 Å². The highest BCUT2D eigenvalue weighted by Crippen LogP contribution is 2.19. The Hall–Kier alpha value is -3.36. The van der Waals surface area contributed by atoms with Gasteiger partial charge in [0.15, 0.2) is 11.2 Å². The van der Waals surface area contributed by atoms with Gasteiger partial charge >= 0.3 is 6.02 Å². The van der Waals surface area contributed by atoms with Gasteiger partial charge in [-0.3, -0.25) is 0 Å². The Morgan fingerprint density at radius 2 is 2.08 bits per heavy atom. The fourth-order valence-electron chi connectivity index (χ4n) is 2.21. The van der Waals surface area contributed by atoms with Crippen LogP contribution >= 0.6 is 0 Å². The molecule has 0 radical (unpaired) electrons. The van der Waals surface area contributed by atoms with E-state index >= 15 is 0 Å². The monoisotopic (exact) mass is 323 g/mol. The predicted molar refractivity (Wildman–Crippen MR) is 87.2 cm³/mol. The number of hydrogen-bond acceptors (Lipinski definition) is 7. The number of methoxy groups -OCH3 is 1. The lowest BCUT2D eigenvalue weighted by Crippen LogP contribution is -1.99. The second-order valence-electron chi connectivity index (χ2n) is 5.11. The van der Waals surface area contributed by atoms with E-state index in [-0.39, 0.29) is 12.0 Å².